The summed E-state index contributed by atoms with van der Waals surface area (Å²) in [5.41, 5.74) is 1.50. The summed E-state index contributed by atoms with van der Waals surface area (Å²) in [5, 5.41) is 0.693. The van der Waals surface area contributed by atoms with Crippen LogP contribution in [0, 0.1) is 6.92 Å². The third-order valence-electron chi connectivity index (χ3n) is 3.37. The Hall–Kier alpha value is -1.64. The summed E-state index contributed by atoms with van der Waals surface area (Å²) >= 11 is 0. The molecule has 0 aliphatic rings. The highest BCUT2D eigenvalue weighted by molar-refractivity contribution is 5.78. The Morgan fingerprint density at radius 1 is 1.05 bits per heavy atom. The monoisotopic (exact) mass is 272 g/mol. The van der Waals surface area contributed by atoms with Crippen LogP contribution in [-0.2, 0) is 11.0 Å². The molecule has 0 spiro atoms. The second-order valence-electron chi connectivity index (χ2n) is 7.52. The lowest BCUT2D eigenvalue weighted by Gasteiger charge is -2.31. The van der Waals surface area contributed by atoms with Crippen molar-refractivity contribution in [3.05, 3.63) is 39.9 Å². The fourth-order valence-electron chi connectivity index (χ4n) is 2.42. The van der Waals surface area contributed by atoms with E-state index in [1.807, 2.05) is 50.5 Å². The van der Waals surface area contributed by atoms with Gasteiger partial charge in [0.25, 0.3) is 5.56 Å². The smallest absolute Gasteiger partial charge is 0.261 e. The van der Waals surface area contributed by atoms with Crippen molar-refractivity contribution in [1.29, 1.82) is 0 Å². The highest BCUT2D eigenvalue weighted by atomic mass is 16.1. The fourth-order valence-corrected chi connectivity index (χ4v) is 2.42. The molecule has 0 aliphatic heterocycles. The van der Waals surface area contributed by atoms with Gasteiger partial charge in [0.15, 0.2) is 0 Å². The average molecular weight is 272 g/mol. The van der Waals surface area contributed by atoms with Gasteiger partial charge < -0.3 is 0 Å². The van der Waals surface area contributed by atoms with E-state index in [-0.39, 0.29) is 16.5 Å². The van der Waals surface area contributed by atoms with Gasteiger partial charge in [0.2, 0.25) is 0 Å². The zero-order valence-electron chi connectivity index (χ0n) is 13.5. The second-order valence-corrected chi connectivity index (χ2v) is 7.52. The first-order valence-corrected chi connectivity index (χ1v) is 7.06. The summed E-state index contributed by atoms with van der Waals surface area (Å²) < 4.78 is 1.84. The summed E-state index contributed by atoms with van der Waals surface area (Å²) in [6.07, 6.45) is 0. The fraction of sp³-hybridized carbons (Fsp3) is 0.529. The largest absolute Gasteiger partial charge is 0.290 e. The van der Waals surface area contributed by atoms with E-state index in [1.165, 1.54) is 0 Å². The zero-order chi connectivity index (χ0) is 15.3. The lowest BCUT2D eigenvalue weighted by molar-refractivity contribution is 0.338. The molecular weight excluding hydrogens is 248 g/mol. The Morgan fingerprint density at radius 3 is 2.15 bits per heavy atom. The lowest BCUT2D eigenvalue weighted by atomic mass is 9.93. The zero-order valence-corrected chi connectivity index (χ0v) is 13.5. The van der Waals surface area contributed by atoms with Crippen molar-refractivity contribution >= 4 is 10.9 Å². The molecule has 108 valence electrons. The quantitative estimate of drug-likeness (QED) is 0.732. The maximum Gasteiger partial charge on any atom is 0.261 e. The van der Waals surface area contributed by atoms with Gasteiger partial charge in [-0.25, -0.2) is 4.98 Å². The number of hydrogen-bond acceptors (Lipinski definition) is 2. The van der Waals surface area contributed by atoms with Gasteiger partial charge in [-0.3, -0.25) is 9.36 Å². The molecule has 0 saturated carbocycles. The molecule has 0 unspecified atom stereocenters. The van der Waals surface area contributed by atoms with Crippen LogP contribution in [0.25, 0.3) is 10.9 Å². The highest BCUT2D eigenvalue weighted by Crippen LogP contribution is 2.26. The number of nitrogens with zero attached hydrogens (tertiary/aromatic N) is 2. The van der Waals surface area contributed by atoms with Gasteiger partial charge in [0.1, 0.15) is 5.82 Å². The molecule has 0 atom stereocenters. The van der Waals surface area contributed by atoms with Crippen LogP contribution in [0.1, 0.15) is 52.9 Å². The molecule has 20 heavy (non-hydrogen) atoms. The van der Waals surface area contributed by atoms with E-state index in [2.05, 4.69) is 20.8 Å². The lowest BCUT2D eigenvalue weighted by Crippen LogP contribution is -2.40. The minimum absolute atomic E-state index is 0.0485. The molecule has 0 aliphatic carbocycles. The van der Waals surface area contributed by atoms with Crippen LogP contribution in [0.3, 0.4) is 0 Å². The van der Waals surface area contributed by atoms with Gasteiger partial charge >= 0.3 is 0 Å². The molecule has 1 aromatic carbocycles. The predicted molar refractivity (Wildman–Crippen MR) is 84.4 cm³/mol. The van der Waals surface area contributed by atoms with E-state index in [9.17, 15) is 4.79 Å². The first-order chi connectivity index (χ1) is 9.01. The molecule has 1 aromatic heterocycles. The molecule has 3 nitrogen and oxygen atoms in total. The Balaban J connectivity index is 2.99. The van der Waals surface area contributed by atoms with Gasteiger partial charge in [-0.2, -0.15) is 0 Å². The van der Waals surface area contributed by atoms with Crippen LogP contribution in [0.2, 0.25) is 0 Å². The van der Waals surface area contributed by atoms with E-state index in [0.29, 0.717) is 5.39 Å². The first kappa shape index (κ1) is 14.8. The van der Waals surface area contributed by atoms with E-state index in [4.69, 9.17) is 4.98 Å². The first-order valence-electron chi connectivity index (χ1n) is 7.06. The van der Waals surface area contributed by atoms with Crippen molar-refractivity contribution in [2.45, 2.75) is 59.4 Å². The van der Waals surface area contributed by atoms with E-state index in [0.717, 1.165) is 16.9 Å². The SMILES string of the molecule is Cc1ccc2c(=O)n(C(C)(C)C)c(C(C)(C)C)nc2c1. The highest BCUT2D eigenvalue weighted by Gasteiger charge is 2.28. The molecule has 2 aromatic rings. The molecule has 0 fully saturated rings. The van der Waals surface area contributed by atoms with Crippen LogP contribution in [0.15, 0.2) is 23.0 Å². The maximum absolute atomic E-state index is 12.9. The summed E-state index contributed by atoms with van der Waals surface area (Å²) in [6, 6.07) is 5.84. The Bertz CT molecular complexity index is 713. The van der Waals surface area contributed by atoms with Crippen molar-refractivity contribution in [2.24, 2.45) is 0 Å². The van der Waals surface area contributed by atoms with Crippen molar-refractivity contribution in [1.82, 2.24) is 9.55 Å². The molecule has 0 bridgehead atoms. The van der Waals surface area contributed by atoms with Crippen LogP contribution in [0.5, 0.6) is 0 Å². The molecule has 3 heteroatoms. The van der Waals surface area contributed by atoms with Crippen molar-refractivity contribution < 1.29 is 0 Å². The Morgan fingerprint density at radius 2 is 1.65 bits per heavy atom. The van der Waals surface area contributed by atoms with E-state index < -0.39 is 0 Å². The van der Waals surface area contributed by atoms with Gasteiger partial charge in [-0.1, -0.05) is 26.8 Å². The molecule has 0 amide bonds. The number of hydrogen-bond donors (Lipinski definition) is 0. The molecular formula is C17H24N2O. The average Bonchev–Trinajstić information content (AvgIpc) is 2.24. The molecule has 2 rings (SSSR count). The van der Waals surface area contributed by atoms with Gasteiger partial charge in [-0.15, -0.1) is 0 Å². The van der Waals surface area contributed by atoms with Crippen LogP contribution in [0.4, 0.5) is 0 Å². The van der Waals surface area contributed by atoms with E-state index >= 15 is 0 Å². The van der Waals surface area contributed by atoms with Gasteiger partial charge in [-0.05, 0) is 45.4 Å². The number of fused-ring (bicyclic) bond motifs is 1. The van der Waals surface area contributed by atoms with Crippen molar-refractivity contribution in [3.63, 3.8) is 0 Å². The molecule has 0 saturated heterocycles. The minimum Gasteiger partial charge on any atom is -0.290 e. The Kier molecular flexibility index (Phi) is 3.28. The summed E-state index contributed by atoms with van der Waals surface area (Å²) in [6.45, 7) is 14.4. The van der Waals surface area contributed by atoms with Crippen molar-refractivity contribution in [3.8, 4) is 0 Å². The van der Waals surface area contributed by atoms with Gasteiger partial charge in [0.05, 0.1) is 10.9 Å². The molecule has 0 N–H and O–H groups in total. The van der Waals surface area contributed by atoms with Gasteiger partial charge in [0, 0.05) is 11.0 Å². The van der Waals surface area contributed by atoms with E-state index in [1.54, 1.807) is 0 Å². The van der Waals surface area contributed by atoms with Crippen LogP contribution >= 0.6 is 0 Å². The van der Waals surface area contributed by atoms with Crippen LogP contribution in [-0.4, -0.2) is 9.55 Å². The summed E-state index contributed by atoms with van der Waals surface area (Å²) in [7, 11) is 0. The van der Waals surface area contributed by atoms with Crippen molar-refractivity contribution in [2.75, 3.05) is 0 Å². The normalized spacial score (nSPS) is 12.9. The number of benzene rings is 1. The topological polar surface area (TPSA) is 34.9 Å². The third-order valence-corrected chi connectivity index (χ3v) is 3.37. The standard InChI is InChI=1S/C17H24N2O/c1-11-8-9-12-13(10-11)18-15(16(2,3)4)19(14(12)20)17(5,6)7/h8-10H,1-7H3. The third kappa shape index (κ3) is 2.49. The minimum atomic E-state index is -0.286. The predicted octanol–water partition coefficient (Wildman–Crippen LogP) is 3.76. The summed E-state index contributed by atoms with van der Waals surface area (Å²) in [5.74, 6) is 0.841. The molecule has 0 radical (unpaired) electrons. The number of aryl methyl sites for hydroxylation is 1. The number of rotatable bonds is 0. The maximum atomic E-state index is 12.9. The molecule has 1 heterocycles. The van der Waals surface area contributed by atoms with Crippen LogP contribution < -0.4 is 5.56 Å². The number of aromatic nitrogens is 2. The second kappa shape index (κ2) is 4.44. The Labute approximate surface area is 120 Å². The summed E-state index contributed by atoms with van der Waals surface area (Å²) in [4.78, 5) is 17.7.